The minimum atomic E-state index is -5.43. The average molecular weight is 547 g/mol. The van der Waals surface area contributed by atoms with Crippen molar-refractivity contribution in [1.29, 1.82) is 0 Å². The summed E-state index contributed by atoms with van der Waals surface area (Å²) in [5.41, 5.74) is -1.69. The van der Waals surface area contributed by atoms with Gasteiger partial charge in [-0.05, 0) is 31.0 Å². The minimum Gasteiger partial charge on any atom is -0.477 e. The molecule has 0 atom stereocenters. The number of aryl methyl sites for hydroxylation is 2. The van der Waals surface area contributed by atoms with Gasteiger partial charge in [0.05, 0.1) is 5.52 Å². The van der Waals surface area contributed by atoms with Crippen molar-refractivity contribution >= 4 is 43.8 Å². The molecule has 1 aromatic carbocycles. The summed E-state index contributed by atoms with van der Waals surface area (Å²) in [6.45, 7) is 4.70. The maximum Gasteiger partial charge on any atom is 0.411 e. The number of ether oxygens (including phenoxy) is 1. The minimum absolute atomic E-state index is 0.0353. The molecular weight excluding hydrogens is 520 g/mol. The van der Waals surface area contributed by atoms with Crippen LogP contribution in [0.15, 0.2) is 23.1 Å². The number of aromatic carboxylic acids is 1. The van der Waals surface area contributed by atoms with Crippen LogP contribution < -0.4 is 10.3 Å². The standard InChI is InChI=1S/C20H27N3O11P2/c1-3-12-9-13-16(21(4-2)11-14(17(13)24)18(25)26)10-15(12)22-5-7-23(8-6-22)19(27)34-20(35(28,29)30)36(31,32)33/h9-11,20H,3-8H2,1-2H3,(H,25,26)(H2,28,29,30)(H2,31,32,33). The van der Waals surface area contributed by atoms with Gasteiger partial charge in [0.2, 0.25) is 5.43 Å². The fraction of sp³-hybridized carbons (Fsp3) is 0.450. The first-order chi connectivity index (χ1) is 16.7. The summed E-state index contributed by atoms with van der Waals surface area (Å²) in [5.74, 6) is -1.31. The Kier molecular flexibility index (Phi) is 7.99. The lowest BCUT2D eigenvalue weighted by Crippen LogP contribution is -2.49. The maximum absolute atomic E-state index is 12.8. The molecule has 1 aromatic heterocycles. The third-order valence-corrected chi connectivity index (χ3v) is 9.06. The zero-order valence-electron chi connectivity index (χ0n) is 19.5. The van der Waals surface area contributed by atoms with E-state index in [-0.39, 0.29) is 37.1 Å². The summed E-state index contributed by atoms with van der Waals surface area (Å²) in [7, 11) is -10.9. The number of carboxylic acid groups (broad SMARTS) is 1. The first-order valence-electron chi connectivity index (χ1n) is 10.9. The van der Waals surface area contributed by atoms with Crippen molar-refractivity contribution in [1.82, 2.24) is 9.47 Å². The molecule has 2 heterocycles. The lowest BCUT2D eigenvalue weighted by Gasteiger charge is -2.37. The fourth-order valence-corrected chi connectivity index (χ4v) is 6.11. The third-order valence-electron chi connectivity index (χ3n) is 5.89. The molecule has 1 saturated heterocycles. The van der Waals surface area contributed by atoms with Crippen molar-refractivity contribution in [2.45, 2.75) is 32.4 Å². The van der Waals surface area contributed by atoms with Crippen LogP contribution in [0.1, 0.15) is 29.8 Å². The van der Waals surface area contributed by atoms with Crippen LogP contribution in [0.2, 0.25) is 0 Å². The van der Waals surface area contributed by atoms with Crippen LogP contribution in [-0.4, -0.2) is 78.0 Å². The van der Waals surface area contributed by atoms with E-state index in [2.05, 4.69) is 4.74 Å². The Morgan fingerprint density at radius 1 is 1.03 bits per heavy atom. The van der Waals surface area contributed by atoms with Crippen LogP contribution in [-0.2, 0) is 26.8 Å². The zero-order valence-corrected chi connectivity index (χ0v) is 21.3. The highest BCUT2D eigenvalue weighted by molar-refractivity contribution is 7.70. The molecule has 1 aliphatic rings. The number of benzene rings is 1. The van der Waals surface area contributed by atoms with Gasteiger partial charge >= 0.3 is 32.8 Å². The molecule has 0 spiro atoms. The van der Waals surface area contributed by atoms with Gasteiger partial charge in [-0.25, -0.2) is 9.59 Å². The Hall–Kier alpha value is -2.73. The quantitative estimate of drug-likeness (QED) is 0.310. The molecule has 0 radical (unpaired) electrons. The van der Waals surface area contributed by atoms with Gasteiger partial charge in [0.25, 0.3) is 0 Å². The van der Waals surface area contributed by atoms with Gasteiger partial charge in [-0.1, -0.05) is 6.92 Å². The van der Waals surface area contributed by atoms with Crippen LogP contribution in [0.4, 0.5) is 10.5 Å². The zero-order chi connectivity index (χ0) is 27.0. The lowest BCUT2D eigenvalue weighted by molar-refractivity contribution is 0.0694. The molecule has 14 nitrogen and oxygen atoms in total. The molecule has 0 saturated carbocycles. The second-order valence-corrected chi connectivity index (χ2v) is 11.9. The van der Waals surface area contributed by atoms with E-state index in [1.165, 1.54) is 6.20 Å². The number of hydrogen-bond donors (Lipinski definition) is 5. The van der Waals surface area contributed by atoms with E-state index in [9.17, 15) is 28.6 Å². The number of rotatable bonds is 7. The molecule has 1 aliphatic heterocycles. The maximum atomic E-state index is 12.8. The summed E-state index contributed by atoms with van der Waals surface area (Å²) in [6, 6.07) is 3.45. The Labute approximate surface area is 205 Å². The van der Waals surface area contributed by atoms with Crippen molar-refractivity contribution in [2.24, 2.45) is 0 Å². The fourth-order valence-electron chi connectivity index (χ4n) is 4.09. The van der Waals surface area contributed by atoms with Crippen LogP contribution in [0.3, 0.4) is 0 Å². The van der Waals surface area contributed by atoms with E-state index in [4.69, 9.17) is 19.6 Å². The monoisotopic (exact) mass is 547 g/mol. The predicted molar refractivity (Wildman–Crippen MR) is 128 cm³/mol. The molecule has 2 aromatic rings. The van der Waals surface area contributed by atoms with E-state index in [1.807, 2.05) is 18.7 Å². The highest BCUT2D eigenvalue weighted by Crippen LogP contribution is 2.60. The highest BCUT2D eigenvalue weighted by Gasteiger charge is 2.47. The van der Waals surface area contributed by atoms with E-state index in [1.54, 1.807) is 16.7 Å². The number of carboxylic acids is 1. The van der Waals surface area contributed by atoms with Gasteiger partial charge in [0, 0.05) is 50.0 Å². The number of fused-ring (bicyclic) bond motifs is 1. The number of piperazine rings is 1. The molecule has 0 bridgehead atoms. The van der Waals surface area contributed by atoms with Gasteiger partial charge in [0.15, 0.2) is 0 Å². The molecule has 0 aliphatic carbocycles. The van der Waals surface area contributed by atoms with E-state index in [0.717, 1.165) is 16.2 Å². The second kappa shape index (κ2) is 10.3. The van der Waals surface area contributed by atoms with Crippen molar-refractivity contribution < 1.29 is 48.1 Å². The SMILES string of the molecule is CCc1cc2c(=O)c(C(=O)O)cn(CC)c2cc1N1CCN(C(=O)OC(P(=O)(O)O)P(=O)(O)O)CC1. The summed E-state index contributed by atoms with van der Waals surface area (Å²) >= 11 is 0. The number of amides is 1. The van der Waals surface area contributed by atoms with Crippen LogP contribution in [0, 0.1) is 0 Å². The van der Waals surface area contributed by atoms with Gasteiger partial charge in [-0.3, -0.25) is 13.9 Å². The summed E-state index contributed by atoms with van der Waals surface area (Å²) in [5, 5.41) is 9.67. The molecule has 36 heavy (non-hydrogen) atoms. The molecule has 3 rings (SSSR count). The lowest BCUT2D eigenvalue weighted by atomic mass is 10.0. The van der Waals surface area contributed by atoms with Gasteiger partial charge in [0.1, 0.15) is 5.56 Å². The largest absolute Gasteiger partial charge is 0.477 e. The number of aromatic nitrogens is 1. The topological polar surface area (TPSA) is 207 Å². The Bertz CT molecular complexity index is 1320. The highest BCUT2D eigenvalue weighted by atomic mass is 31.2. The molecule has 0 unspecified atom stereocenters. The second-order valence-electron chi connectivity index (χ2n) is 8.18. The van der Waals surface area contributed by atoms with Crippen LogP contribution in [0.5, 0.6) is 0 Å². The normalized spacial score (nSPS) is 15.0. The number of anilines is 1. The first-order valence-corrected chi connectivity index (χ1v) is 14.3. The van der Waals surface area contributed by atoms with E-state index < -0.39 is 38.3 Å². The third kappa shape index (κ3) is 5.64. The van der Waals surface area contributed by atoms with Crippen molar-refractivity contribution in [2.75, 3.05) is 31.1 Å². The van der Waals surface area contributed by atoms with Gasteiger partial charge in [-0.2, -0.15) is 0 Å². The summed E-state index contributed by atoms with van der Waals surface area (Å²) in [4.78, 5) is 76.3. The smallest absolute Gasteiger partial charge is 0.411 e. The molecule has 1 fully saturated rings. The van der Waals surface area contributed by atoms with E-state index >= 15 is 0 Å². The molecular formula is C20H27N3O11P2. The average Bonchev–Trinajstić information content (AvgIpc) is 2.80. The van der Waals surface area contributed by atoms with Gasteiger partial charge < -0.3 is 43.8 Å². The molecule has 198 valence electrons. The van der Waals surface area contributed by atoms with Crippen molar-refractivity contribution in [3.8, 4) is 0 Å². The Balaban J connectivity index is 1.87. The number of pyridine rings is 1. The Morgan fingerprint density at radius 2 is 1.61 bits per heavy atom. The number of nitrogens with zero attached hydrogens (tertiary/aromatic N) is 3. The first kappa shape index (κ1) is 27.9. The number of hydrogen-bond acceptors (Lipinski definition) is 7. The van der Waals surface area contributed by atoms with Crippen LogP contribution in [0.25, 0.3) is 10.9 Å². The number of carbonyl (C=O) groups excluding carboxylic acids is 1. The van der Waals surface area contributed by atoms with E-state index in [0.29, 0.717) is 18.5 Å². The molecule has 16 heteroatoms. The summed E-state index contributed by atoms with van der Waals surface area (Å²) in [6.07, 6.45) is 0.568. The Morgan fingerprint density at radius 3 is 2.08 bits per heavy atom. The predicted octanol–water partition coefficient (Wildman–Crippen LogP) is 1.18. The summed E-state index contributed by atoms with van der Waals surface area (Å²) < 4.78 is 28.9. The van der Waals surface area contributed by atoms with Gasteiger partial charge in [-0.15, -0.1) is 0 Å². The van der Waals surface area contributed by atoms with Crippen molar-refractivity contribution in [3.05, 3.63) is 39.7 Å². The molecule has 1 amide bonds. The number of carbonyl (C=O) groups is 2. The van der Waals surface area contributed by atoms with Crippen molar-refractivity contribution in [3.63, 3.8) is 0 Å². The van der Waals surface area contributed by atoms with Crippen LogP contribution >= 0.6 is 15.2 Å². The molecule has 5 N–H and O–H groups in total.